The largest absolute Gasteiger partial charge is 0.481 e. The van der Waals surface area contributed by atoms with E-state index in [0.717, 1.165) is 16.7 Å². The van der Waals surface area contributed by atoms with Gasteiger partial charge in [-0.2, -0.15) is 0 Å². The summed E-state index contributed by atoms with van der Waals surface area (Å²) >= 11 is 0. The first kappa shape index (κ1) is 17.3. The minimum absolute atomic E-state index is 0.130. The Bertz CT molecular complexity index is 618. The Kier molecular flexibility index (Phi) is 4.68. The van der Waals surface area contributed by atoms with Gasteiger partial charge in [0.05, 0.1) is 12.0 Å². The summed E-state index contributed by atoms with van der Waals surface area (Å²) in [5, 5.41) is 9.29. The average Bonchev–Trinajstić information content (AvgIpc) is 2.44. The maximum absolute atomic E-state index is 12.4. The molecule has 1 aliphatic heterocycles. The third-order valence-electron chi connectivity index (χ3n) is 4.23. The van der Waals surface area contributed by atoms with Crippen molar-refractivity contribution in [1.82, 2.24) is 4.90 Å². The lowest BCUT2D eigenvalue weighted by Gasteiger charge is -2.37. The van der Waals surface area contributed by atoms with E-state index in [2.05, 4.69) is 0 Å². The van der Waals surface area contributed by atoms with Gasteiger partial charge in [-0.05, 0) is 57.7 Å². The summed E-state index contributed by atoms with van der Waals surface area (Å²) in [6, 6.07) is 5.57. The molecular weight excluding hydrogens is 294 g/mol. The summed E-state index contributed by atoms with van der Waals surface area (Å²) in [6.45, 7) is 9.73. The van der Waals surface area contributed by atoms with Gasteiger partial charge in [0, 0.05) is 6.54 Å². The van der Waals surface area contributed by atoms with Crippen LogP contribution in [-0.4, -0.2) is 34.2 Å². The maximum Gasteiger partial charge on any atom is 0.410 e. The summed E-state index contributed by atoms with van der Waals surface area (Å²) in [7, 11) is 0. The lowest BCUT2D eigenvalue weighted by atomic mass is 9.85. The standard InChI is InChI=1S/C18H25NO4/c1-11(16(20)21)13-7-6-8-14-12(2)19(10-9-15(13)14)17(22)23-18(3,4)5/h6-8,11-12H,9-10H2,1-5H3,(H,20,21). The molecule has 5 nitrogen and oxygen atoms in total. The van der Waals surface area contributed by atoms with Crippen molar-refractivity contribution in [3.63, 3.8) is 0 Å². The number of rotatable bonds is 2. The van der Waals surface area contributed by atoms with Gasteiger partial charge in [-0.3, -0.25) is 4.79 Å². The summed E-state index contributed by atoms with van der Waals surface area (Å²) in [5.74, 6) is -1.38. The Labute approximate surface area is 137 Å². The highest BCUT2D eigenvalue weighted by Gasteiger charge is 2.33. The number of hydrogen-bond acceptors (Lipinski definition) is 3. The molecule has 0 spiro atoms. The van der Waals surface area contributed by atoms with E-state index < -0.39 is 17.5 Å². The zero-order valence-corrected chi connectivity index (χ0v) is 14.4. The van der Waals surface area contributed by atoms with Crippen molar-refractivity contribution in [3.8, 4) is 0 Å². The van der Waals surface area contributed by atoms with Crippen LogP contribution in [0.5, 0.6) is 0 Å². The van der Waals surface area contributed by atoms with Crippen LogP contribution in [0.4, 0.5) is 4.79 Å². The second-order valence-corrected chi connectivity index (χ2v) is 7.07. The van der Waals surface area contributed by atoms with E-state index in [1.165, 1.54) is 0 Å². The Morgan fingerprint density at radius 3 is 2.57 bits per heavy atom. The lowest BCUT2D eigenvalue weighted by molar-refractivity contribution is -0.138. The number of aliphatic carboxylic acids is 1. The molecule has 0 radical (unpaired) electrons. The normalized spacial score (nSPS) is 19.0. The summed E-state index contributed by atoms with van der Waals surface area (Å²) in [5.41, 5.74) is 2.37. The van der Waals surface area contributed by atoms with Gasteiger partial charge in [0.15, 0.2) is 0 Å². The fourth-order valence-corrected chi connectivity index (χ4v) is 3.01. The molecule has 0 aliphatic carbocycles. The fourth-order valence-electron chi connectivity index (χ4n) is 3.01. The van der Waals surface area contributed by atoms with Gasteiger partial charge in [-0.25, -0.2) is 4.79 Å². The highest BCUT2D eigenvalue weighted by Crippen LogP contribution is 2.35. The van der Waals surface area contributed by atoms with Crippen molar-refractivity contribution in [2.24, 2.45) is 0 Å². The van der Waals surface area contributed by atoms with Crippen molar-refractivity contribution >= 4 is 12.1 Å². The Morgan fingerprint density at radius 1 is 1.35 bits per heavy atom. The molecule has 2 unspecified atom stereocenters. The number of benzene rings is 1. The van der Waals surface area contributed by atoms with Crippen LogP contribution >= 0.6 is 0 Å². The highest BCUT2D eigenvalue weighted by atomic mass is 16.6. The predicted molar refractivity (Wildman–Crippen MR) is 87.6 cm³/mol. The van der Waals surface area contributed by atoms with Crippen LogP contribution in [-0.2, 0) is 16.0 Å². The van der Waals surface area contributed by atoms with Gasteiger partial charge in [-0.15, -0.1) is 0 Å². The zero-order chi connectivity index (χ0) is 17.4. The van der Waals surface area contributed by atoms with Crippen molar-refractivity contribution in [1.29, 1.82) is 0 Å². The molecule has 23 heavy (non-hydrogen) atoms. The Balaban J connectivity index is 2.31. The first-order chi connectivity index (χ1) is 10.6. The van der Waals surface area contributed by atoms with E-state index in [9.17, 15) is 14.7 Å². The number of carboxylic acids is 1. The van der Waals surface area contributed by atoms with E-state index in [0.29, 0.717) is 13.0 Å². The van der Waals surface area contributed by atoms with E-state index >= 15 is 0 Å². The maximum atomic E-state index is 12.4. The molecule has 5 heteroatoms. The van der Waals surface area contributed by atoms with Gasteiger partial charge in [0.2, 0.25) is 0 Å². The first-order valence-electron chi connectivity index (χ1n) is 7.96. The van der Waals surface area contributed by atoms with E-state index in [-0.39, 0.29) is 12.1 Å². The smallest absolute Gasteiger partial charge is 0.410 e. The lowest BCUT2D eigenvalue weighted by Crippen LogP contribution is -2.42. The van der Waals surface area contributed by atoms with Crippen molar-refractivity contribution in [3.05, 3.63) is 34.9 Å². The third-order valence-corrected chi connectivity index (χ3v) is 4.23. The zero-order valence-electron chi connectivity index (χ0n) is 14.4. The van der Waals surface area contributed by atoms with Crippen LogP contribution < -0.4 is 0 Å². The number of amides is 1. The first-order valence-corrected chi connectivity index (χ1v) is 7.96. The number of ether oxygens (including phenoxy) is 1. The van der Waals surface area contributed by atoms with E-state index in [1.807, 2.05) is 45.9 Å². The molecule has 1 aromatic rings. The van der Waals surface area contributed by atoms with Crippen LogP contribution in [0.3, 0.4) is 0 Å². The van der Waals surface area contributed by atoms with Crippen LogP contribution in [0, 0.1) is 0 Å². The molecule has 1 amide bonds. The van der Waals surface area contributed by atoms with Gasteiger partial charge in [0.25, 0.3) is 0 Å². The molecule has 0 saturated carbocycles. The number of carboxylic acid groups (broad SMARTS) is 1. The van der Waals surface area contributed by atoms with Gasteiger partial charge in [-0.1, -0.05) is 18.2 Å². The number of carbonyl (C=O) groups excluding carboxylic acids is 1. The SMILES string of the molecule is CC(C(=O)O)c1cccc2c1CCN(C(=O)OC(C)(C)C)C2C. The summed E-state index contributed by atoms with van der Waals surface area (Å²) < 4.78 is 5.47. The molecule has 0 aromatic heterocycles. The monoisotopic (exact) mass is 319 g/mol. The molecular formula is C18H25NO4. The van der Waals surface area contributed by atoms with Crippen LogP contribution in [0.2, 0.25) is 0 Å². The van der Waals surface area contributed by atoms with E-state index in [4.69, 9.17) is 4.74 Å². The molecule has 1 aromatic carbocycles. The summed E-state index contributed by atoms with van der Waals surface area (Å²) in [6.07, 6.45) is 0.319. The molecule has 2 atom stereocenters. The number of nitrogens with zero attached hydrogens (tertiary/aromatic N) is 1. The predicted octanol–water partition coefficient (Wildman–Crippen LogP) is 3.73. The number of hydrogen-bond donors (Lipinski definition) is 1. The highest BCUT2D eigenvalue weighted by molar-refractivity contribution is 5.76. The Hall–Kier alpha value is -2.04. The molecule has 1 heterocycles. The fraction of sp³-hybridized carbons (Fsp3) is 0.556. The van der Waals surface area contributed by atoms with Crippen LogP contribution in [0.15, 0.2) is 18.2 Å². The quantitative estimate of drug-likeness (QED) is 0.902. The topological polar surface area (TPSA) is 66.8 Å². The van der Waals surface area contributed by atoms with E-state index in [1.54, 1.807) is 11.8 Å². The van der Waals surface area contributed by atoms with Gasteiger partial charge >= 0.3 is 12.1 Å². The second-order valence-electron chi connectivity index (χ2n) is 7.07. The minimum Gasteiger partial charge on any atom is -0.481 e. The number of fused-ring (bicyclic) bond motifs is 1. The Morgan fingerprint density at radius 2 is 2.00 bits per heavy atom. The molecule has 126 valence electrons. The van der Waals surface area contributed by atoms with Crippen molar-refractivity contribution in [2.75, 3.05) is 6.54 Å². The average molecular weight is 319 g/mol. The van der Waals surface area contributed by atoms with Crippen LogP contribution in [0.25, 0.3) is 0 Å². The molecule has 0 fully saturated rings. The van der Waals surface area contributed by atoms with Crippen molar-refractivity contribution < 1.29 is 19.4 Å². The molecule has 1 aliphatic rings. The van der Waals surface area contributed by atoms with Gasteiger partial charge in [0.1, 0.15) is 5.60 Å². The molecule has 0 saturated heterocycles. The van der Waals surface area contributed by atoms with Crippen LogP contribution in [0.1, 0.15) is 63.3 Å². The van der Waals surface area contributed by atoms with Gasteiger partial charge < -0.3 is 14.7 Å². The summed E-state index contributed by atoms with van der Waals surface area (Å²) in [4.78, 5) is 25.4. The minimum atomic E-state index is -0.833. The third kappa shape index (κ3) is 3.66. The molecule has 1 N–H and O–H groups in total. The second kappa shape index (κ2) is 6.22. The number of carbonyl (C=O) groups is 2. The molecule has 2 rings (SSSR count). The molecule has 0 bridgehead atoms. The van der Waals surface area contributed by atoms with Crippen molar-refractivity contribution in [2.45, 2.75) is 58.6 Å².